The zero-order valence-electron chi connectivity index (χ0n) is 26.6. The van der Waals surface area contributed by atoms with Crippen molar-refractivity contribution in [3.05, 3.63) is 82.8 Å². The minimum absolute atomic E-state index is 0.0991. The lowest BCUT2D eigenvalue weighted by atomic mass is 9.72. The van der Waals surface area contributed by atoms with E-state index in [4.69, 9.17) is 18.6 Å². The van der Waals surface area contributed by atoms with Crippen LogP contribution in [0.2, 0.25) is 0 Å². The molecule has 0 radical (unpaired) electrons. The van der Waals surface area contributed by atoms with E-state index in [0.717, 1.165) is 22.4 Å². The van der Waals surface area contributed by atoms with Crippen LogP contribution in [0.25, 0.3) is 11.6 Å². The van der Waals surface area contributed by atoms with Crippen molar-refractivity contribution in [2.45, 2.75) is 78.1 Å². The molecule has 3 aliphatic heterocycles. The highest BCUT2D eigenvalue weighted by molar-refractivity contribution is 5.90. The molecule has 0 saturated carbocycles. The van der Waals surface area contributed by atoms with Crippen LogP contribution in [0.1, 0.15) is 88.0 Å². The van der Waals surface area contributed by atoms with Gasteiger partial charge in [0.25, 0.3) is 0 Å². The summed E-state index contributed by atoms with van der Waals surface area (Å²) in [7, 11) is 0. The highest BCUT2D eigenvalue weighted by atomic mass is 16.5. The lowest BCUT2D eigenvalue weighted by Crippen LogP contribution is -2.53. The molecular weight excluding hydrogens is 584 g/mol. The highest BCUT2D eigenvalue weighted by Crippen LogP contribution is 2.59. The van der Waals surface area contributed by atoms with Gasteiger partial charge >= 0.3 is 0 Å². The smallest absolute Gasteiger partial charge is 0.250 e. The molecule has 2 amide bonds. The number of anilines is 1. The number of rotatable bonds is 4. The summed E-state index contributed by atoms with van der Waals surface area (Å²) in [6, 6.07) is 14.2. The van der Waals surface area contributed by atoms with Gasteiger partial charge in [-0.3, -0.25) is 9.59 Å². The molecule has 11 nitrogen and oxygen atoms in total. The Morgan fingerprint density at radius 3 is 2.61 bits per heavy atom. The van der Waals surface area contributed by atoms with Gasteiger partial charge in [0.05, 0.1) is 0 Å². The van der Waals surface area contributed by atoms with Crippen molar-refractivity contribution in [3.8, 4) is 23.4 Å². The molecule has 4 atom stereocenters. The maximum absolute atomic E-state index is 14.1. The Balaban J connectivity index is 1.51. The second-order valence-electron chi connectivity index (χ2n) is 14.0. The van der Waals surface area contributed by atoms with Gasteiger partial charge < -0.3 is 29.5 Å². The number of fused-ring (bicyclic) bond motifs is 4. The number of carbonyl (C=O) groups excluding carboxylic acids is 2. The number of hydrogen-bond donors (Lipinski definition) is 3. The summed E-state index contributed by atoms with van der Waals surface area (Å²) in [4.78, 5) is 36.9. The Bertz CT molecular complexity index is 1930. The van der Waals surface area contributed by atoms with Crippen molar-refractivity contribution >= 4 is 17.5 Å². The number of carbonyl (C=O) groups is 2. The van der Waals surface area contributed by atoms with Crippen LogP contribution in [-0.2, 0) is 21.4 Å². The second-order valence-corrected chi connectivity index (χ2v) is 14.0. The maximum Gasteiger partial charge on any atom is 0.250 e. The van der Waals surface area contributed by atoms with Gasteiger partial charge in [0.1, 0.15) is 35.6 Å². The molecule has 3 unspecified atom stereocenters. The predicted octanol–water partition coefficient (Wildman–Crippen LogP) is 5.36. The van der Waals surface area contributed by atoms with Crippen molar-refractivity contribution in [2.24, 2.45) is 10.8 Å². The molecule has 4 bridgehead atoms. The van der Waals surface area contributed by atoms with Crippen molar-refractivity contribution in [2.75, 3.05) is 5.32 Å². The summed E-state index contributed by atoms with van der Waals surface area (Å²) in [5.74, 6) is 0.857. The molecule has 0 aliphatic carbocycles. The molecule has 4 aromatic rings. The van der Waals surface area contributed by atoms with Crippen LogP contribution in [0.5, 0.6) is 5.75 Å². The topological polar surface area (TPSA) is 155 Å². The van der Waals surface area contributed by atoms with Crippen molar-refractivity contribution in [3.63, 3.8) is 0 Å². The number of nitrogens with one attached hydrogen (secondary N) is 3. The number of para-hydroxylation sites is 1. The number of nitrogens with zero attached hydrogens (tertiary/aromatic N) is 3. The minimum atomic E-state index is -1.03. The molecule has 1 spiro atoms. The Labute approximate surface area is 266 Å². The first-order chi connectivity index (χ1) is 21.9. The summed E-state index contributed by atoms with van der Waals surface area (Å²) >= 11 is 0. The zero-order valence-corrected chi connectivity index (χ0v) is 26.6. The van der Waals surface area contributed by atoms with Crippen LogP contribution in [0.3, 0.4) is 0 Å². The molecule has 5 heterocycles. The first kappa shape index (κ1) is 29.6. The lowest BCUT2D eigenvalue weighted by Gasteiger charge is -2.32. The van der Waals surface area contributed by atoms with Crippen LogP contribution in [0.4, 0.5) is 5.69 Å². The molecule has 46 heavy (non-hydrogen) atoms. The molecule has 2 aromatic heterocycles. The van der Waals surface area contributed by atoms with E-state index >= 15 is 0 Å². The van der Waals surface area contributed by atoms with Gasteiger partial charge in [0.2, 0.25) is 23.6 Å². The normalized spacial score (nSPS) is 23.1. The predicted molar refractivity (Wildman–Crippen MR) is 168 cm³/mol. The van der Waals surface area contributed by atoms with Gasteiger partial charge in [-0.25, -0.2) is 4.98 Å². The third-order valence-electron chi connectivity index (χ3n) is 9.53. The fourth-order valence-corrected chi connectivity index (χ4v) is 6.51. The molecule has 0 fully saturated rings. The Kier molecular flexibility index (Phi) is 6.56. The summed E-state index contributed by atoms with van der Waals surface area (Å²) in [5, 5.41) is 19.3. The Hall–Kier alpha value is -5.11. The first-order valence-corrected chi connectivity index (χ1v) is 15.5. The number of oxazole rings is 2. The van der Waals surface area contributed by atoms with Gasteiger partial charge in [-0.05, 0) is 35.1 Å². The van der Waals surface area contributed by atoms with E-state index in [9.17, 15) is 14.9 Å². The standard InChI is InChI=1S/C35H36N6O5/c1-7-34(5,6)31(43)38-23-15-18-12-13-24-21(14-18)35(20-10-8-9-11-22(20)39-32(35)45-24)27-25(29-37-19(16-36)17-44-29)40-30(46-27)26(33(2,3)4)41-28(23)42/h8-14,17,23,26,32,39H,7,15H2,1-6H3,(H,38,43)(H,41,42)/t23?,26?,32?,35-/m0/s1. The van der Waals surface area contributed by atoms with Gasteiger partial charge in [0.15, 0.2) is 23.4 Å². The van der Waals surface area contributed by atoms with Gasteiger partial charge in [0, 0.05) is 23.1 Å². The van der Waals surface area contributed by atoms with E-state index in [1.165, 1.54) is 6.26 Å². The van der Waals surface area contributed by atoms with E-state index in [1.807, 2.05) is 90.1 Å². The number of amides is 2. The van der Waals surface area contributed by atoms with Crippen LogP contribution in [-0.4, -0.2) is 34.1 Å². The average Bonchev–Trinajstić information content (AvgIpc) is 3.79. The third kappa shape index (κ3) is 4.38. The molecule has 2 aromatic carbocycles. The van der Waals surface area contributed by atoms with E-state index in [0.29, 0.717) is 23.6 Å². The quantitative estimate of drug-likeness (QED) is 0.273. The fourth-order valence-electron chi connectivity index (χ4n) is 6.51. The van der Waals surface area contributed by atoms with E-state index in [2.05, 4.69) is 20.9 Å². The fraction of sp³-hybridized carbons (Fsp3) is 0.400. The summed E-state index contributed by atoms with van der Waals surface area (Å²) in [6.45, 7) is 11.6. The van der Waals surface area contributed by atoms with Crippen LogP contribution < -0.4 is 20.7 Å². The van der Waals surface area contributed by atoms with E-state index in [1.54, 1.807) is 0 Å². The van der Waals surface area contributed by atoms with Gasteiger partial charge in [-0.1, -0.05) is 71.9 Å². The summed E-state index contributed by atoms with van der Waals surface area (Å²) < 4.78 is 19.2. The molecule has 11 heteroatoms. The first-order valence-electron chi connectivity index (χ1n) is 15.5. The third-order valence-corrected chi connectivity index (χ3v) is 9.53. The van der Waals surface area contributed by atoms with Crippen molar-refractivity contribution in [1.82, 2.24) is 20.6 Å². The number of aromatic nitrogens is 2. The number of ether oxygens (including phenoxy) is 1. The zero-order chi connectivity index (χ0) is 32.6. The molecule has 236 valence electrons. The largest absolute Gasteiger partial charge is 0.469 e. The second kappa shape index (κ2) is 10.2. The van der Waals surface area contributed by atoms with Crippen LogP contribution >= 0.6 is 0 Å². The number of benzene rings is 2. The molecule has 0 saturated heterocycles. The van der Waals surface area contributed by atoms with E-state index in [-0.39, 0.29) is 35.7 Å². The molecule has 3 N–H and O–H groups in total. The monoisotopic (exact) mass is 620 g/mol. The summed E-state index contributed by atoms with van der Waals surface area (Å²) in [6.07, 6.45) is 1.54. The van der Waals surface area contributed by atoms with Gasteiger partial charge in [-0.2, -0.15) is 10.2 Å². The SMILES string of the molecule is CCC(C)(C)C(=O)NC1Cc2ccc3c(c2)[C@@]2(c4ccccc4NC2O3)c2oc(nc2-c2nc(C#N)co2)C(C(C)(C)C)NC1=O. The van der Waals surface area contributed by atoms with Crippen LogP contribution in [0.15, 0.2) is 57.6 Å². The maximum atomic E-state index is 14.1. The molecule has 3 aliphatic rings. The molecular formula is C35H36N6O5. The van der Waals surface area contributed by atoms with E-state index < -0.39 is 34.6 Å². The molecule has 7 rings (SSSR count). The lowest BCUT2D eigenvalue weighted by molar-refractivity contribution is -0.134. The Morgan fingerprint density at radius 2 is 1.89 bits per heavy atom. The number of hydrogen-bond acceptors (Lipinski definition) is 9. The Morgan fingerprint density at radius 1 is 1.11 bits per heavy atom. The number of nitriles is 1. The van der Waals surface area contributed by atoms with Crippen LogP contribution in [0, 0.1) is 22.2 Å². The average molecular weight is 621 g/mol. The summed E-state index contributed by atoms with van der Waals surface area (Å²) in [5.41, 5.74) is 1.57. The highest BCUT2D eigenvalue weighted by Gasteiger charge is 2.61. The van der Waals surface area contributed by atoms with Crippen molar-refractivity contribution < 1.29 is 23.2 Å². The minimum Gasteiger partial charge on any atom is -0.469 e. The van der Waals surface area contributed by atoms with Gasteiger partial charge in [-0.15, -0.1) is 0 Å². The van der Waals surface area contributed by atoms with Crippen molar-refractivity contribution in [1.29, 1.82) is 5.26 Å².